The van der Waals surface area contributed by atoms with Crippen molar-refractivity contribution in [3.63, 3.8) is 0 Å². The standard InChI is InChI=1S/C36H39Cl2N3O6S/c1-36(2,3)39-35(43)31(21-25-10-7-6-8-11-25)40(23-26-12-9-13-28(38)20-26)34(42)24-41(29-16-14-27(37)15-17-29)48(44,45)30-18-19-32(46-4)33(22-30)47-5/h6-20,22,31H,21,23-24H2,1-5H3,(H,39,43)/t31-/m1/s1. The van der Waals surface area contributed by atoms with Crippen LogP contribution in [0.25, 0.3) is 0 Å². The molecule has 4 rings (SSSR count). The van der Waals surface area contributed by atoms with E-state index in [-0.39, 0.29) is 35.2 Å². The average molecular weight is 713 g/mol. The molecule has 0 aliphatic heterocycles. The molecule has 9 nitrogen and oxygen atoms in total. The van der Waals surface area contributed by atoms with Gasteiger partial charge in [-0.2, -0.15) is 0 Å². The van der Waals surface area contributed by atoms with E-state index in [1.165, 1.54) is 61.6 Å². The minimum atomic E-state index is -4.38. The second-order valence-corrected chi connectivity index (χ2v) is 14.8. The summed E-state index contributed by atoms with van der Waals surface area (Å²) in [7, 11) is -1.53. The zero-order chi connectivity index (χ0) is 35.1. The van der Waals surface area contributed by atoms with Crippen LogP contribution in [0.5, 0.6) is 11.5 Å². The van der Waals surface area contributed by atoms with Crippen LogP contribution in [0.1, 0.15) is 31.9 Å². The highest BCUT2D eigenvalue weighted by molar-refractivity contribution is 7.92. The van der Waals surface area contributed by atoms with E-state index in [0.717, 1.165) is 9.87 Å². The number of ether oxygens (including phenoxy) is 2. The smallest absolute Gasteiger partial charge is 0.264 e. The van der Waals surface area contributed by atoms with Crippen molar-refractivity contribution in [1.29, 1.82) is 0 Å². The Labute approximate surface area is 292 Å². The van der Waals surface area contributed by atoms with Gasteiger partial charge in [0.1, 0.15) is 12.6 Å². The second kappa shape index (κ2) is 15.8. The van der Waals surface area contributed by atoms with Crippen LogP contribution in [0.15, 0.2) is 102 Å². The van der Waals surface area contributed by atoms with Crippen molar-refractivity contribution >= 4 is 50.7 Å². The van der Waals surface area contributed by atoms with Crippen molar-refractivity contribution in [3.8, 4) is 11.5 Å². The first-order valence-electron chi connectivity index (χ1n) is 15.1. The van der Waals surface area contributed by atoms with E-state index in [4.69, 9.17) is 32.7 Å². The molecule has 4 aromatic rings. The fourth-order valence-electron chi connectivity index (χ4n) is 5.08. The summed E-state index contributed by atoms with van der Waals surface area (Å²) in [5, 5.41) is 3.85. The molecule has 0 aliphatic rings. The molecule has 0 saturated heterocycles. The maximum atomic E-state index is 14.6. The monoisotopic (exact) mass is 711 g/mol. The number of benzene rings is 4. The van der Waals surface area contributed by atoms with E-state index < -0.39 is 34.1 Å². The fourth-order valence-corrected chi connectivity index (χ4v) is 6.85. The molecule has 12 heteroatoms. The van der Waals surface area contributed by atoms with Gasteiger partial charge in [-0.3, -0.25) is 13.9 Å². The van der Waals surface area contributed by atoms with Gasteiger partial charge >= 0.3 is 0 Å². The largest absolute Gasteiger partial charge is 0.493 e. The van der Waals surface area contributed by atoms with Crippen LogP contribution in [-0.4, -0.2) is 57.5 Å². The van der Waals surface area contributed by atoms with Crippen LogP contribution >= 0.6 is 23.2 Å². The minimum Gasteiger partial charge on any atom is -0.493 e. The normalized spacial score (nSPS) is 12.1. The highest BCUT2D eigenvalue weighted by Crippen LogP contribution is 2.33. The van der Waals surface area contributed by atoms with E-state index in [1.54, 1.807) is 24.3 Å². The Kier molecular flexibility index (Phi) is 12.0. The molecule has 1 N–H and O–H groups in total. The molecular weight excluding hydrogens is 673 g/mol. The van der Waals surface area contributed by atoms with Crippen LogP contribution in [0.2, 0.25) is 10.0 Å². The van der Waals surface area contributed by atoms with Gasteiger partial charge in [-0.25, -0.2) is 8.42 Å². The van der Waals surface area contributed by atoms with E-state index >= 15 is 0 Å². The van der Waals surface area contributed by atoms with Crippen LogP contribution in [0, 0.1) is 0 Å². The number of hydrogen-bond acceptors (Lipinski definition) is 6. The summed E-state index contributed by atoms with van der Waals surface area (Å²) in [5.41, 5.74) is 1.08. The summed E-state index contributed by atoms with van der Waals surface area (Å²) >= 11 is 12.5. The van der Waals surface area contributed by atoms with E-state index in [2.05, 4.69) is 5.32 Å². The molecule has 0 spiro atoms. The maximum Gasteiger partial charge on any atom is 0.264 e. The summed E-state index contributed by atoms with van der Waals surface area (Å²) in [4.78, 5) is 29.9. The molecule has 0 bridgehead atoms. The lowest BCUT2D eigenvalue weighted by atomic mass is 10.0. The Hall–Kier alpha value is -4.25. The van der Waals surface area contributed by atoms with Crippen LogP contribution in [0.4, 0.5) is 5.69 Å². The molecule has 0 aliphatic carbocycles. The molecule has 48 heavy (non-hydrogen) atoms. The molecule has 0 heterocycles. The molecule has 0 radical (unpaired) electrons. The number of amides is 2. The lowest BCUT2D eigenvalue weighted by Gasteiger charge is -2.35. The molecule has 0 saturated carbocycles. The molecule has 1 atom stereocenters. The van der Waals surface area contributed by atoms with Gasteiger partial charge in [0.15, 0.2) is 11.5 Å². The highest BCUT2D eigenvalue weighted by atomic mass is 35.5. The van der Waals surface area contributed by atoms with Gasteiger partial charge in [-0.05, 0) is 80.4 Å². The number of methoxy groups -OCH3 is 2. The first kappa shape index (κ1) is 36.6. The Bertz CT molecular complexity index is 1830. The Morgan fingerprint density at radius 3 is 2.04 bits per heavy atom. The molecule has 0 unspecified atom stereocenters. The quantitative estimate of drug-likeness (QED) is 0.164. The molecular formula is C36H39Cl2N3O6S. The molecule has 0 aromatic heterocycles. The number of halogens is 2. The third-order valence-electron chi connectivity index (χ3n) is 7.35. The number of carbonyl (C=O) groups is 2. The van der Waals surface area contributed by atoms with Crippen molar-refractivity contribution < 1.29 is 27.5 Å². The summed E-state index contributed by atoms with van der Waals surface area (Å²) < 4.78 is 40.4. The SMILES string of the molecule is COc1ccc(S(=O)(=O)N(CC(=O)N(Cc2cccc(Cl)c2)[C@H](Cc2ccccc2)C(=O)NC(C)(C)C)c2ccc(Cl)cc2)cc1OC. The van der Waals surface area contributed by atoms with E-state index in [9.17, 15) is 18.0 Å². The number of anilines is 1. The van der Waals surface area contributed by atoms with Crippen molar-refractivity contribution in [3.05, 3.63) is 118 Å². The highest BCUT2D eigenvalue weighted by Gasteiger charge is 2.36. The van der Waals surface area contributed by atoms with Crippen LogP contribution in [-0.2, 0) is 32.6 Å². The Morgan fingerprint density at radius 2 is 1.44 bits per heavy atom. The summed E-state index contributed by atoms with van der Waals surface area (Å²) in [6.45, 7) is 4.91. The zero-order valence-corrected chi connectivity index (χ0v) is 29.8. The summed E-state index contributed by atoms with van der Waals surface area (Å²) in [6, 6.07) is 25.6. The first-order chi connectivity index (χ1) is 22.7. The molecule has 2 amide bonds. The number of rotatable bonds is 13. The van der Waals surface area contributed by atoms with Crippen LogP contribution in [0.3, 0.4) is 0 Å². The zero-order valence-electron chi connectivity index (χ0n) is 27.4. The first-order valence-corrected chi connectivity index (χ1v) is 17.3. The van der Waals surface area contributed by atoms with Gasteiger partial charge in [0.2, 0.25) is 11.8 Å². The third kappa shape index (κ3) is 9.43. The van der Waals surface area contributed by atoms with E-state index in [1.807, 2.05) is 51.1 Å². The van der Waals surface area contributed by atoms with Gasteiger partial charge in [0.25, 0.3) is 10.0 Å². The Balaban J connectivity index is 1.84. The lowest BCUT2D eigenvalue weighted by molar-refractivity contribution is -0.140. The van der Waals surface area contributed by atoms with Crippen molar-refractivity contribution in [2.45, 2.75) is 50.2 Å². The van der Waals surface area contributed by atoms with E-state index in [0.29, 0.717) is 21.4 Å². The van der Waals surface area contributed by atoms with Crippen molar-refractivity contribution in [2.24, 2.45) is 0 Å². The number of carbonyl (C=O) groups excluding carboxylic acids is 2. The number of hydrogen-bond donors (Lipinski definition) is 1. The maximum absolute atomic E-state index is 14.6. The predicted octanol–water partition coefficient (Wildman–Crippen LogP) is 6.76. The third-order valence-corrected chi connectivity index (χ3v) is 9.60. The summed E-state index contributed by atoms with van der Waals surface area (Å²) in [5.74, 6) is -0.460. The number of sulfonamides is 1. The molecule has 4 aromatic carbocycles. The fraction of sp³-hybridized carbons (Fsp3) is 0.278. The van der Waals surface area contributed by atoms with Gasteiger partial charge in [-0.1, -0.05) is 65.7 Å². The topological polar surface area (TPSA) is 105 Å². The minimum absolute atomic E-state index is 0.0146. The molecule has 0 fully saturated rings. The number of nitrogens with one attached hydrogen (secondary N) is 1. The van der Waals surface area contributed by atoms with Gasteiger partial charge in [0, 0.05) is 34.6 Å². The average Bonchev–Trinajstić information content (AvgIpc) is 3.04. The summed E-state index contributed by atoms with van der Waals surface area (Å²) in [6.07, 6.45) is 0.179. The Morgan fingerprint density at radius 1 is 0.792 bits per heavy atom. The predicted molar refractivity (Wildman–Crippen MR) is 189 cm³/mol. The van der Waals surface area contributed by atoms with Gasteiger partial charge in [0.05, 0.1) is 24.8 Å². The van der Waals surface area contributed by atoms with Gasteiger partial charge in [-0.15, -0.1) is 0 Å². The number of nitrogens with zero attached hydrogens (tertiary/aromatic N) is 2. The van der Waals surface area contributed by atoms with Gasteiger partial charge < -0.3 is 19.7 Å². The van der Waals surface area contributed by atoms with Crippen molar-refractivity contribution in [1.82, 2.24) is 10.2 Å². The van der Waals surface area contributed by atoms with Crippen molar-refractivity contribution in [2.75, 3.05) is 25.1 Å². The second-order valence-electron chi connectivity index (χ2n) is 12.1. The van der Waals surface area contributed by atoms with Crippen LogP contribution < -0.4 is 19.1 Å². The molecule has 254 valence electrons. The lowest BCUT2D eigenvalue weighted by Crippen LogP contribution is -2.56.